The zero-order chi connectivity index (χ0) is 33.6. The first-order valence-electron chi connectivity index (χ1n) is 16.2. The van der Waals surface area contributed by atoms with E-state index in [2.05, 4.69) is 21.3 Å². The van der Waals surface area contributed by atoms with Gasteiger partial charge in [0.2, 0.25) is 11.8 Å². The second-order valence-corrected chi connectivity index (χ2v) is 12.4. The monoisotopic (exact) mass is 673 g/mol. The standard InChI is InChI=1S/C35H51N5O6.ClH/c1-23(2)31(34(44)40-18-16-28(36-4)17-19-40)39-33(43)27(20-25-12-8-6-9-13-25)22-30(41)29(21-26-14-10-7-11-15-26)38-35(45)46-24(3)32(42)37-5;/h6-15,23-24,27-31,36,41H,16-22H2,1-5H3,(H,37,42)(H,38,45)(H,39,43);1H/t24-,27?,29+,30+,31+;/m1./s1. The van der Waals surface area contributed by atoms with E-state index < -0.39 is 42.2 Å². The van der Waals surface area contributed by atoms with E-state index in [0.29, 0.717) is 25.6 Å². The van der Waals surface area contributed by atoms with E-state index in [1.807, 2.05) is 86.5 Å². The maximum Gasteiger partial charge on any atom is 0.408 e. The number of ether oxygens (including phenoxy) is 1. The van der Waals surface area contributed by atoms with Crippen LogP contribution < -0.4 is 21.3 Å². The van der Waals surface area contributed by atoms with Gasteiger partial charge in [-0.05, 0) is 63.1 Å². The molecule has 3 rings (SSSR count). The fourth-order valence-corrected chi connectivity index (χ4v) is 5.76. The summed E-state index contributed by atoms with van der Waals surface area (Å²) < 4.78 is 5.25. The maximum absolute atomic E-state index is 14.0. The number of aliphatic hydroxyl groups excluding tert-OH is 1. The highest BCUT2D eigenvalue weighted by Gasteiger charge is 2.35. The van der Waals surface area contributed by atoms with Crippen molar-refractivity contribution in [3.8, 4) is 0 Å². The van der Waals surface area contributed by atoms with Crippen LogP contribution in [-0.4, -0.2) is 91.3 Å². The van der Waals surface area contributed by atoms with Gasteiger partial charge in [-0.2, -0.15) is 0 Å². The van der Waals surface area contributed by atoms with Crippen molar-refractivity contribution in [3.63, 3.8) is 0 Å². The summed E-state index contributed by atoms with van der Waals surface area (Å²) in [7, 11) is 3.37. The van der Waals surface area contributed by atoms with Crippen LogP contribution in [-0.2, 0) is 32.0 Å². The number of aliphatic hydroxyl groups is 1. The van der Waals surface area contributed by atoms with Gasteiger partial charge in [0.25, 0.3) is 5.91 Å². The Bertz CT molecular complexity index is 1260. The van der Waals surface area contributed by atoms with Crippen LogP contribution in [0.3, 0.4) is 0 Å². The van der Waals surface area contributed by atoms with Crippen LogP contribution in [0.25, 0.3) is 0 Å². The molecule has 0 bridgehead atoms. The predicted molar refractivity (Wildman–Crippen MR) is 184 cm³/mol. The largest absolute Gasteiger partial charge is 0.436 e. The summed E-state index contributed by atoms with van der Waals surface area (Å²) in [5.74, 6) is -1.76. The lowest BCUT2D eigenvalue weighted by Crippen LogP contribution is -2.55. The molecule has 1 fully saturated rings. The summed E-state index contributed by atoms with van der Waals surface area (Å²) in [6.45, 7) is 6.52. The zero-order valence-corrected chi connectivity index (χ0v) is 28.9. The molecule has 5 atom stereocenters. The molecule has 0 spiro atoms. The number of amides is 4. The minimum Gasteiger partial charge on any atom is -0.436 e. The molecule has 1 saturated heterocycles. The number of carbonyl (C=O) groups excluding carboxylic acids is 4. The van der Waals surface area contributed by atoms with Crippen LogP contribution in [0, 0.1) is 11.8 Å². The minimum absolute atomic E-state index is 0. The lowest BCUT2D eigenvalue weighted by atomic mass is 9.88. The molecular formula is C35H52ClN5O6. The fourth-order valence-electron chi connectivity index (χ4n) is 5.76. The van der Waals surface area contributed by atoms with E-state index >= 15 is 0 Å². The highest BCUT2D eigenvalue weighted by Crippen LogP contribution is 2.21. The van der Waals surface area contributed by atoms with Gasteiger partial charge in [0, 0.05) is 32.1 Å². The number of hydrogen-bond acceptors (Lipinski definition) is 7. The van der Waals surface area contributed by atoms with Gasteiger partial charge in [0.05, 0.1) is 12.1 Å². The highest BCUT2D eigenvalue weighted by atomic mass is 35.5. The number of hydrogen-bond donors (Lipinski definition) is 5. The number of likely N-dealkylation sites (tertiary alicyclic amines) is 1. The van der Waals surface area contributed by atoms with Gasteiger partial charge >= 0.3 is 6.09 Å². The van der Waals surface area contributed by atoms with Crippen molar-refractivity contribution in [2.24, 2.45) is 11.8 Å². The van der Waals surface area contributed by atoms with E-state index in [1.54, 1.807) is 0 Å². The number of nitrogens with one attached hydrogen (secondary N) is 4. The number of carbonyl (C=O) groups is 4. The summed E-state index contributed by atoms with van der Waals surface area (Å²) in [4.78, 5) is 54.2. The quantitative estimate of drug-likeness (QED) is 0.195. The number of benzene rings is 2. The van der Waals surface area contributed by atoms with E-state index in [4.69, 9.17) is 4.74 Å². The minimum atomic E-state index is -1.16. The van der Waals surface area contributed by atoms with Crippen molar-refractivity contribution in [2.75, 3.05) is 27.2 Å². The Morgan fingerprint density at radius 2 is 1.40 bits per heavy atom. The van der Waals surface area contributed by atoms with Crippen molar-refractivity contribution in [1.29, 1.82) is 0 Å². The Morgan fingerprint density at radius 3 is 1.91 bits per heavy atom. The number of alkyl carbamates (subject to hydrolysis) is 1. The van der Waals surface area contributed by atoms with Crippen LogP contribution in [0.4, 0.5) is 4.79 Å². The number of rotatable bonds is 15. The lowest BCUT2D eigenvalue weighted by Gasteiger charge is -2.36. The molecule has 1 aliphatic rings. The number of piperidine rings is 1. The molecule has 1 heterocycles. The summed E-state index contributed by atoms with van der Waals surface area (Å²) >= 11 is 0. The predicted octanol–water partition coefficient (Wildman–Crippen LogP) is 2.84. The van der Waals surface area contributed by atoms with Crippen molar-refractivity contribution >= 4 is 36.2 Å². The molecule has 1 unspecified atom stereocenters. The Hall–Kier alpha value is -3.67. The third kappa shape index (κ3) is 12.5. The van der Waals surface area contributed by atoms with Crippen LogP contribution in [0.2, 0.25) is 0 Å². The average Bonchev–Trinajstić information content (AvgIpc) is 3.06. The highest BCUT2D eigenvalue weighted by molar-refractivity contribution is 5.89. The molecule has 0 radical (unpaired) electrons. The van der Waals surface area contributed by atoms with Crippen molar-refractivity contribution in [3.05, 3.63) is 71.8 Å². The second kappa shape index (κ2) is 19.9. The van der Waals surface area contributed by atoms with Gasteiger partial charge < -0.3 is 36.0 Å². The van der Waals surface area contributed by atoms with Crippen molar-refractivity contribution in [2.45, 2.75) is 83.2 Å². The first kappa shape index (κ1) is 39.5. The fraction of sp³-hybridized carbons (Fsp3) is 0.543. The van der Waals surface area contributed by atoms with E-state index in [0.717, 1.165) is 24.0 Å². The average molecular weight is 674 g/mol. The Morgan fingerprint density at radius 1 is 0.851 bits per heavy atom. The van der Waals surface area contributed by atoms with Gasteiger partial charge in [-0.1, -0.05) is 74.5 Å². The van der Waals surface area contributed by atoms with Gasteiger partial charge in [-0.25, -0.2) is 4.79 Å². The van der Waals surface area contributed by atoms with Gasteiger partial charge in [-0.3, -0.25) is 14.4 Å². The summed E-state index contributed by atoms with van der Waals surface area (Å²) in [5, 5.41) is 23.1. The molecule has 0 aliphatic carbocycles. The molecule has 0 saturated carbocycles. The van der Waals surface area contributed by atoms with E-state index in [-0.39, 0.29) is 43.0 Å². The zero-order valence-electron chi connectivity index (χ0n) is 28.1. The number of halogens is 1. The summed E-state index contributed by atoms with van der Waals surface area (Å²) in [6.07, 6.45) is -0.744. The van der Waals surface area contributed by atoms with Gasteiger partial charge in [0.15, 0.2) is 6.10 Å². The number of nitrogens with zero attached hydrogens (tertiary/aromatic N) is 1. The number of likely N-dealkylation sites (N-methyl/N-ethyl adjacent to an activating group) is 1. The molecule has 1 aliphatic heterocycles. The molecule has 260 valence electrons. The van der Waals surface area contributed by atoms with Gasteiger partial charge in [0.1, 0.15) is 6.04 Å². The van der Waals surface area contributed by atoms with Crippen LogP contribution in [0.1, 0.15) is 51.2 Å². The molecule has 47 heavy (non-hydrogen) atoms. The van der Waals surface area contributed by atoms with Crippen LogP contribution in [0.15, 0.2) is 60.7 Å². The first-order valence-corrected chi connectivity index (χ1v) is 16.2. The topological polar surface area (TPSA) is 149 Å². The van der Waals surface area contributed by atoms with E-state index in [1.165, 1.54) is 14.0 Å². The Labute approximate surface area is 285 Å². The van der Waals surface area contributed by atoms with Crippen molar-refractivity contribution < 1.29 is 29.0 Å². The summed E-state index contributed by atoms with van der Waals surface area (Å²) in [6, 6.07) is 17.7. The Kier molecular flexibility index (Phi) is 16.7. The van der Waals surface area contributed by atoms with Gasteiger partial charge in [-0.15, -0.1) is 12.4 Å². The van der Waals surface area contributed by atoms with Crippen molar-refractivity contribution in [1.82, 2.24) is 26.2 Å². The second-order valence-electron chi connectivity index (χ2n) is 12.4. The summed E-state index contributed by atoms with van der Waals surface area (Å²) in [5.41, 5.74) is 1.77. The smallest absolute Gasteiger partial charge is 0.408 e. The molecule has 2 aromatic rings. The maximum atomic E-state index is 14.0. The van der Waals surface area contributed by atoms with Crippen LogP contribution in [0.5, 0.6) is 0 Å². The Balaban J connectivity index is 0.00000768. The first-order chi connectivity index (χ1) is 22.0. The third-order valence-corrected chi connectivity index (χ3v) is 8.63. The SMILES string of the molecule is CNC(=O)[C@@H](C)OC(=O)N[C@@H](Cc1ccccc1)[C@@H](O)CC(Cc1ccccc1)C(=O)N[C@H](C(=O)N1CCC(NC)CC1)C(C)C.Cl. The molecule has 5 N–H and O–H groups in total. The van der Waals surface area contributed by atoms with E-state index in [9.17, 15) is 24.3 Å². The third-order valence-electron chi connectivity index (χ3n) is 8.63. The molecular weight excluding hydrogens is 622 g/mol. The van der Waals surface area contributed by atoms with Crippen LogP contribution >= 0.6 is 12.4 Å². The molecule has 12 heteroatoms. The molecule has 2 aromatic carbocycles. The molecule has 4 amide bonds. The lowest BCUT2D eigenvalue weighted by molar-refractivity contribution is -0.139. The normalized spacial score (nSPS) is 16.5. The molecule has 11 nitrogen and oxygen atoms in total. The molecule has 0 aromatic heterocycles.